The molecule has 1 aliphatic rings. The van der Waals surface area contributed by atoms with Gasteiger partial charge in [0, 0.05) is 38.4 Å². The maximum Gasteiger partial charge on any atom is 0.222 e. The van der Waals surface area contributed by atoms with Crippen LogP contribution in [0.25, 0.3) is 0 Å². The number of benzene rings is 1. The molecule has 5 heteroatoms. The van der Waals surface area contributed by atoms with E-state index in [9.17, 15) is 4.79 Å². The normalized spacial score (nSPS) is 16.4. The highest BCUT2D eigenvalue weighted by Gasteiger charge is 2.18. The number of amides is 1. The van der Waals surface area contributed by atoms with Gasteiger partial charge in [-0.15, -0.1) is 0 Å². The van der Waals surface area contributed by atoms with E-state index < -0.39 is 0 Å². The molecule has 5 nitrogen and oxygen atoms in total. The SMILES string of the molecule is Cc1ccc([C@H](NC(=O)CCN2CCOCC2)c2ccncc2)cc1. The third-order valence-electron chi connectivity index (χ3n) is 4.51. The van der Waals surface area contributed by atoms with E-state index in [1.165, 1.54) is 5.56 Å². The van der Waals surface area contributed by atoms with Crippen molar-refractivity contribution in [1.82, 2.24) is 15.2 Å². The van der Waals surface area contributed by atoms with Crippen molar-refractivity contribution < 1.29 is 9.53 Å². The van der Waals surface area contributed by atoms with Gasteiger partial charge >= 0.3 is 0 Å². The number of nitrogens with one attached hydrogen (secondary N) is 1. The fourth-order valence-electron chi connectivity index (χ4n) is 2.99. The van der Waals surface area contributed by atoms with Gasteiger partial charge in [0.2, 0.25) is 5.91 Å². The van der Waals surface area contributed by atoms with Crippen molar-refractivity contribution in [2.45, 2.75) is 19.4 Å². The summed E-state index contributed by atoms with van der Waals surface area (Å²) in [6, 6.07) is 12.0. The van der Waals surface area contributed by atoms with Crippen molar-refractivity contribution in [3.8, 4) is 0 Å². The van der Waals surface area contributed by atoms with Gasteiger partial charge in [0.25, 0.3) is 0 Å². The summed E-state index contributed by atoms with van der Waals surface area (Å²) in [6.45, 7) is 6.14. The number of aryl methyl sites for hydroxylation is 1. The molecule has 2 heterocycles. The highest BCUT2D eigenvalue weighted by atomic mass is 16.5. The average molecular weight is 339 g/mol. The minimum absolute atomic E-state index is 0.0638. The zero-order valence-electron chi connectivity index (χ0n) is 14.6. The highest BCUT2D eigenvalue weighted by Crippen LogP contribution is 2.22. The smallest absolute Gasteiger partial charge is 0.222 e. The summed E-state index contributed by atoms with van der Waals surface area (Å²) in [5, 5.41) is 3.18. The Labute approximate surface area is 149 Å². The second-order valence-electron chi connectivity index (χ2n) is 6.40. The standard InChI is InChI=1S/C20H25N3O2/c1-16-2-4-17(5-3-16)20(18-6-9-21-10-7-18)22-19(24)8-11-23-12-14-25-15-13-23/h2-7,9-10,20H,8,11-15H2,1H3,(H,22,24)/t20-/m0/s1. The fraction of sp³-hybridized carbons (Fsp3) is 0.400. The second-order valence-corrected chi connectivity index (χ2v) is 6.40. The molecule has 1 aliphatic heterocycles. The number of morpholine rings is 1. The van der Waals surface area contributed by atoms with Crippen LogP contribution in [0.5, 0.6) is 0 Å². The summed E-state index contributed by atoms with van der Waals surface area (Å²) >= 11 is 0. The van der Waals surface area contributed by atoms with E-state index in [2.05, 4.69) is 46.4 Å². The molecule has 1 aromatic carbocycles. The van der Waals surface area contributed by atoms with Crippen LogP contribution in [0, 0.1) is 6.92 Å². The summed E-state index contributed by atoms with van der Waals surface area (Å²) in [7, 11) is 0. The monoisotopic (exact) mass is 339 g/mol. The Morgan fingerprint density at radius 3 is 2.44 bits per heavy atom. The minimum Gasteiger partial charge on any atom is -0.379 e. The quantitative estimate of drug-likeness (QED) is 0.877. The van der Waals surface area contributed by atoms with Crippen molar-refractivity contribution in [3.63, 3.8) is 0 Å². The third-order valence-corrected chi connectivity index (χ3v) is 4.51. The number of nitrogens with zero attached hydrogens (tertiary/aromatic N) is 2. The third kappa shape index (κ3) is 5.11. The van der Waals surface area contributed by atoms with E-state index in [4.69, 9.17) is 4.74 Å². The van der Waals surface area contributed by atoms with Gasteiger partial charge in [-0.25, -0.2) is 0 Å². The largest absolute Gasteiger partial charge is 0.379 e. The van der Waals surface area contributed by atoms with Crippen LogP contribution in [0.1, 0.15) is 29.2 Å². The Kier molecular flexibility index (Phi) is 6.14. The molecule has 1 fully saturated rings. The molecular formula is C20H25N3O2. The lowest BCUT2D eigenvalue weighted by Crippen LogP contribution is -2.39. The zero-order valence-corrected chi connectivity index (χ0v) is 14.6. The van der Waals surface area contributed by atoms with E-state index >= 15 is 0 Å². The van der Waals surface area contributed by atoms with Crippen molar-refractivity contribution in [1.29, 1.82) is 0 Å². The number of hydrogen-bond acceptors (Lipinski definition) is 4. The Morgan fingerprint density at radius 1 is 1.12 bits per heavy atom. The van der Waals surface area contributed by atoms with E-state index in [1.54, 1.807) is 12.4 Å². The number of carbonyl (C=O) groups excluding carboxylic acids is 1. The van der Waals surface area contributed by atoms with Gasteiger partial charge in [-0.1, -0.05) is 29.8 Å². The van der Waals surface area contributed by atoms with Crippen LogP contribution < -0.4 is 5.32 Å². The van der Waals surface area contributed by atoms with Gasteiger partial charge in [-0.3, -0.25) is 14.7 Å². The molecular weight excluding hydrogens is 314 g/mol. The van der Waals surface area contributed by atoms with Gasteiger partial charge in [0.1, 0.15) is 0 Å². The molecule has 1 atom stereocenters. The average Bonchev–Trinajstić information content (AvgIpc) is 2.67. The first-order valence-electron chi connectivity index (χ1n) is 8.78. The molecule has 2 aromatic rings. The number of aromatic nitrogens is 1. The summed E-state index contributed by atoms with van der Waals surface area (Å²) < 4.78 is 5.35. The van der Waals surface area contributed by atoms with E-state index in [-0.39, 0.29) is 11.9 Å². The summed E-state index contributed by atoms with van der Waals surface area (Å²) in [4.78, 5) is 18.9. The molecule has 132 valence electrons. The van der Waals surface area contributed by atoms with Crippen molar-refractivity contribution in [2.75, 3.05) is 32.8 Å². The van der Waals surface area contributed by atoms with Crippen molar-refractivity contribution >= 4 is 5.91 Å². The van der Waals surface area contributed by atoms with Gasteiger partial charge < -0.3 is 10.1 Å². The summed E-state index contributed by atoms with van der Waals surface area (Å²) in [5.41, 5.74) is 3.32. The number of carbonyl (C=O) groups is 1. The van der Waals surface area contributed by atoms with Crippen LogP contribution in [-0.4, -0.2) is 48.6 Å². The second kappa shape index (κ2) is 8.74. The van der Waals surface area contributed by atoms with Gasteiger partial charge in [0.05, 0.1) is 19.3 Å². The molecule has 1 saturated heterocycles. The zero-order chi connectivity index (χ0) is 17.5. The Bertz CT molecular complexity index is 667. The molecule has 1 aromatic heterocycles. The van der Waals surface area contributed by atoms with Crippen LogP contribution in [0.2, 0.25) is 0 Å². The topological polar surface area (TPSA) is 54.5 Å². The molecule has 0 saturated carbocycles. The molecule has 0 bridgehead atoms. The van der Waals surface area contributed by atoms with E-state index in [0.717, 1.165) is 44.0 Å². The molecule has 1 N–H and O–H groups in total. The summed E-state index contributed by atoms with van der Waals surface area (Å²) in [5.74, 6) is 0.0638. The summed E-state index contributed by atoms with van der Waals surface area (Å²) in [6.07, 6.45) is 4.01. The van der Waals surface area contributed by atoms with Gasteiger partial charge in [0.15, 0.2) is 0 Å². The number of ether oxygens (including phenoxy) is 1. The van der Waals surface area contributed by atoms with Crippen molar-refractivity contribution in [3.05, 3.63) is 65.5 Å². The molecule has 1 amide bonds. The van der Waals surface area contributed by atoms with E-state index in [1.807, 2.05) is 12.1 Å². The number of hydrogen-bond donors (Lipinski definition) is 1. The van der Waals surface area contributed by atoms with Crippen LogP contribution in [0.15, 0.2) is 48.8 Å². The maximum atomic E-state index is 12.5. The molecule has 3 rings (SSSR count). The lowest BCUT2D eigenvalue weighted by atomic mass is 9.98. The Hall–Kier alpha value is -2.24. The predicted molar refractivity (Wildman–Crippen MR) is 97.3 cm³/mol. The molecule has 0 radical (unpaired) electrons. The predicted octanol–water partition coefficient (Wildman–Crippen LogP) is 2.32. The first-order chi connectivity index (χ1) is 12.2. The van der Waals surface area contributed by atoms with Crippen molar-refractivity contribution in [2.24, 2.45) is 0 Å². The van der Waals surface area contributed by atoms with Crippen LogP contribution in [0.3, 0.4) is 0 Å². The lowest BCUT2D eigenvalue weighted by Gasteiger charge is -2.26. The molecule has 0 spiro atoms. The minimum atomic E-state index is -0.152. The van der Waals surface area contributed by atoms with E-state index in [0.29, 0.717) is 6.42 Å². The molecule has 25 heavy (non-hydrogen) atoms. The Balaban J connectivity index is 1.66. The van der Waals surface area contributed by atoms with Crippen LogP contribution >= 0.6 is 0 Å². The number of pyridine rings is 1. The maximum absolute atomic E-state index is 12.5. The first kappa shape index (κ1) is 17.6. The lowest BCUT2D eigenvalue weighted by molar-refractivity contribution is -0.122. The van der Waals surface area contributed by atoms with Crippen LogP contribution in [-0.2, 0) is 9.53 Å². The fourth-order valence-corrected chi connectivity index (χ4v) is 2.99. The van der Waals surface area contributed by atoms with Crippen LogP contribution in [0.4, 0.5) is 0 Å². The molecule has 0 unspecified atom stereocenters. The first-order valence-corrected chi connectivity index (χ1v) is 8.78. The highest BCUT2D eigenvalue weighted by molar-refractivity contribution is 5.77. The Morgan fingerprint density at radius 2 is 1.76 bits per heavy atom. The van der Waals surface area contributed by atoms with Gasteiger partial charge in [-0.05, 0) is 30.2 Å². The van der Waals surface area contributed by atoms with Gasteiger partial charge in [-0.2, -0.15) is 0 Å². The number of rotatable bonds is 6. The molecule has 0 aliphatic carbocycles.